The smallest absolute Gasteiger partial charge is 0.256 e. The second-order valence-corrected chi connectivity index (χ2v) is 8.36. The maximum absolute atomic E-state index is 15.7. The predicted molar refractivity (Wildman–Crippen MR) is 116 cm³/mol. The summed E-state index contributed by atoms with van der Waals surface area (Å²) in [5.41, 5.74) is 2.80. The van der Waals surface area contributed by atoms with Gasteiger partial charge in [-0.2, -0.15) is 5.10 Å². The molecule has 2 aromatic carbocycles. The van der Waals surface area contributed by atoms with Gasteiger partial charge in [-0.05, 0) is 59.7 Å². The van der Waals surface area contributed by atoms with Crippen molar-refractivity contribution >= 4 is 16.8 Å². The van der Waals surface area contributed by atoms with Crippen LogP contribution in [0.5, 0.6) is 0 Å². The van der Waals surface area contributed by atoms with E-state index >= 15 is 4.39 Å². The second kappa shape index (κ2) is 6.95. The Bertz CT molecular complexity index is 1500. The fourth-order valence-electron chi connectivity index (χ4n) is 4.44. The van der Waals surface area contributed by atoms with E-state index in [1.165, 1.54) is 29.1 Å². The van der Waals surface area contributed by atoms with Gasteiger partial charge in [0.15, 0.2) is 5.82 Å². The fraction of sp³-hybridized carbons (Fsp3) is 0.240. The number of carbonyl (C=O) groups excluding carboxylic acids is 1. The van der Waals surface area contributed by atoms with E-state index in [-0.39, 0.29) is 29.2 Å². The number of carbonyl (C=O) groups is 1. The maximum atomic E-state index is 15.7. The number of halogens is 2. The zero-order chi connectivity index (χ0) is 23.8. The minimum Gasteiger partial charge on any atom is -0.328 e. The van der Waals surface area contributed by atoms with Crippen LogP contribution < -0.4 is 0 Å². The molecular formula is C25H20F2N4O. The van der Waals surface area contributed by atoms with Crippen LogP contribution in [-0.4, -0.2) is 25.6 Å². The SMILES string of the molecule is [2H]C1([2H])c2ncccc2C(=O)N1Cc1c(F)cc(-c2ccc(F)c3nn(C)cc23)cc1C1CC1. The summed E-state index contributed by atoms with van der Waals surface area (Å²) in [5, 5.41) is 4.76. The maximum Gasteiger partial charge on any atom is 0.256 e. The van der Waals surface area contributed by atoms with E-state index in [0.717, 1.165) is 23.3 Å². The predicted octanol–water partition coefficient (Wildman–Crippen LogP) is 4.95. The molecule has 32 heavy (non-hydrogen) atoms. The van der Waals surface area contributed by atoms with Crippen LogP contribution in [-0.2, 0) is 20.1 Å². The summed E-state index contributed by atoms with van der Waals surface area (Å²) >= 11 is 0. The zero-order valence-electron chi connectivity index (χ0n) is 19.3. The summed E-state index contributed by atoms with van der Waals surface area (Å²) in [6, 6.07) is 9.34. The number of aryl methyl sites for hydroxylation is 1. The summed E-state index contributed by atoms with van der Waals surface area (Å²) in [4.78, 5) is 18.1. The van der Waals surface area contributed by atoms with Crippen molar-refractivity contribution in [3.63, 3.8) is 0 Å². The molecule has 1 aliphatic carbocycles. The minimum atomic E-state index is -2.14. The van der Waals surface area contributed by atoms with Gasteiger partial charge in [0, 0.05) is 36.9 Å². The highest BCUT2D eigenvalue weighted by molar-refractivity contribution is 5.98. The third-order valence-corrected chi connectivity index (χ3v) is 6.14. The van der Waals surface area contributed by atoms with Crippen LogP contribution in [0.3, 0.4) is 0 Å². The van der Waals surface area contributed by atoms with E-state index in [0.29, 0.717) is 22.1 Å². The van der Waals surface area contributed by atoms with Crippen LogP contribution in [0.25, 0.3) is 22.0 Å². The van der Waals surface area contributed by atoms with Crippen molar-refractivity contribution in [3.05, 3.63) is 82.8 Å². The molecule has 0 radical (unpaired) electrons. The number of amides is 1. The molecule has 1 fully saturated rings. The molecule has 0 spiro atoms. The van der Waals surface area contributed by atoms with E-state index in [1.807, 2.05) is 6.07 Å². The van der Waals surface area contributed by atoms with Crippen LogP contribution in [0.1, 0.15) is 48.7 Å². The highest BCUT2D eigenvalue weighted by Crippen LogP contribution is 2.45. The van der Waals surface area contributed by atoms with Crippen LogP contribution in [0, 0.1) is 11.6 Å². The Hall–Kier alpha value is -3.61. The van der Waals surface area contributed by atoms with Crippen molar-refractivity contribution in [2.24, 2.45) is 7.05 Å². The lowest BCUT2D eigenvalue weighted by Crippen LogP contribution is -2.24. The quantitative estimate of drug-likeness (QED) is 0.459. The largest absolute Gasteiger partial charge is 0.328 e. The summed E-state index contributed by atoms with van der Waals surface area (Å²) in [5.74, 6) is -1.33. The molecule has 4 aromatic rings. The van der Waals surface area contributed by atoms with E-state index < -0.39 is 24.0 Å². The van der Waals surface area contributed by atoms with Gasteiger partial charge in [-0.25, -0.2) is 8.78 Å². The highest BCUT2D eigenvalue weighted by atomic mass is 19.1. The van der Waals surface area contributed by atoms with Crippen LogP contribution in [0.4, 0.5) is 8.78 Å². The standard InChI is InChI=1S/C25H20F2N4O/c1-30-11-20-16(6-7-21(26)24(20)29-30)15-9-18(14-4-5-14)19(22(27)10-15)12-31-13-23-17(25(31)32)3-2-8-28-23/h2-3,6-11,14H,4-5,12-13H2,1H3/i13D2. The molecule has 1 aliphatic heterocycles. The van der Waals surface area contributed by atoms with Crippen molar-refractivity contribution in [1.82, 2.24) is 19.7 Å². The average molecular weight is 432 g/mol. The van der Waals surface area contributed by atoms with Crippen LogP contribution in [0.2, 0.25) is 0 Å². The normalized spacial score (nSPS) is 18.1. The molecule has 0 unspecified atom stereocenters. The molecule has 7 heteroatoms. The summed E-state index contributed by atoms with van der Waals surface area (Å²) in [7, 11) is 1.70. The Kier molecular flexibility index (Phi) is 3.69. The molecule has 0 N–H and O–H groups in total. The number of aromatic nitrogens is 3. The molecule has 1 saturated carbocycles. The van der Waals surface area contributed by atoms with Crippen molar-refractivity contribution in [2.45, 2.75) is 31.8 Å². The van der Waals surface area contributed by atoms with Crippen molar-refractivity contribution in [3.8, 4) is 11.1 Å². The second-order valence-electron chi connectivity index (χ2n) is 8.36. The summed E-state index contributed by atoms with van der Waals surface area (Å²) in [6.07, 6.45) is 4.94. The fourth-order valence-corrected chi connectivity index (χ4v) is 4.44. The van der Waals surface area contributed by atoms with Crippen molar-refractivity contribution < 1.29 is 16.3 Å². The lowest BCUT2D eigenvalue weighted by atomic mass is 9.94. The first-order valence-electron chi connectivity index (χ1n) is 11.5. The molecular weight excluding hydrogens is 410 g/mol. The summed E-state index contributed by atoms with van der Waals surface area (Å²) < 4.78 is 48.5. The zero-order valence-corrected chi connectivity index (χ0v) is 17.3. The Morgan fingerprint density at radius 3 is 2.78 bits per heavy atom. The van der Waals surface area contributed by atoms with Gasteiger partial charge in [-0.15, -0.1) is 0 Å². The molecule has 0 saturated heterocycles. The molecule has 160 valence electrons. The Morgan fingerprint density at radius 2 is 2.00 bits per heavy atom. The molecule has 2 aliphatic rings. The molecule has 0 atom stereocenters. The number of benzene rings is 2. The lowest BCUT2D eigenvalue weighted by Gasteiger charge is -2.20. The molecule has 6 rings (SSSR count). The number of fused-ring (bicyclic) bond motifs is 2. The van der Waals surface area contributed by atoms with Crippen LogP contribution >= 0.6 is 0 Å². The third-order valence-electron chi connectivity index (χ3n) is 6.14. The number of hydrogen-bond donors (Lipinski definition) is 0. The monoisotopic (exact) mass is 432 g/mol. The Morgan fingerprint density at radius 1 is 1.16 bits per heavy atom. The molecule has 5 nitrogen and oxygen atoms in total. The first kappa shape index (κ1) is 17.0. The van der Waals surface area contributed by atoms with Crippen molar-refractivity contribution in [1.29, 1.82) is 0 Å². The molecule has 2 aromatic heterocycles. The van der Waals surface area contributed by atoms with Gasteiger partial charge >= 0.3 is 0 Å². The average Bonchev–Trinajstić information content (AvgIpc) is 3.54. The Balaban J connectivity index is 1.45. The lowest BCUT2D eigenvalue weighted by molar-refractivity contribution is 0.0764. The third kappa shape index (κ3) is 2.99. The number of nitrogens with zero attached hydrogens (tertiary/aromatic N) is 4. The number of pyridine rings is 1. The Labute approximate surface area is 186 Å². The van der Waals surface area contributed by atoms with Gasteiger partial charge in [-0.3, -0.25) is 14.5 Å². The first-order valence-corrected chi connectivity index (χ1v) is 10.5. The van der Waals surface area contributed by atoms with E-state index in [1.54, 1.807) is 25.4 Å². The minimum absolute atomic E-state index is 0.0512. The topological polar surface area (TPSA) is 51.0 Å². The van der Waals surface area contributed by atoms with Gasteiger partial charge < -0.3 is 4.90 Å². The van der Waals surface area contributed by atoms with Gasteiger partial charge in [0.1, 0.15) is 11.3 Å². The molecule has 1 amide bonds. The van der Waals surface area contributed by atoms with E-state index in [4.69, 9.17) is 2.74 Å². The van der Waals surface area contributed by atoms with Crippen LogP contribution in [0.15, 0.2) is 48.8 Å². The molecule has 0 bridgehead atoms. The van der Waals surface area contributed by atoms with Gasteiger partial charge in [0.2, 0.25) is 0 Å². The summed E-state index contributed by atoms with van der Waals surface area (Å²) in [6.45, 7) is -2.34. The molecule has 3 heterocycles. The van der Waals surface area contributed by atoms with Gasteiger partial charge in [-0.1, -0.05) is 12.1 Å². The van der Waals surface area contributed by atoms with Gasteiger partial charge in [0.05, 0.1) is 20.5 Å². The number of hydrogen-bond acceptors (Lipinski definition) is 3. The van der Waals surface area contributed by atoms with E-state index in [9.17, 15) is 9.18 Å². The van der Waals surface area contributed by atoms with E-state index in [2.05, 4.69) is 10.1 Å². The first-order chi connectivity index (χ1) is 16.3. The highest BCUT2D eigenvalue weighted by Gasteiger charge is 2.33. The van der Waals surface area contributed by atoms with Crippen molar-refractivity contribution in [2.75, 3.05) is 0 Å². The van der Waals surface area contributed by atoms with Gasteiger partial charge in [0.25, 0.3) is 5.91 Å². The number of rotatable bonds is 4.